The van der Waals surface area contributed by atoms with Gasteiger partial charge in [0.2, 0.25) is 23.6 Å². The zero-order chi connectivity index (χ0) is 36.0. The Morgan fingerprint density at radius 2 is 1.40 bits per heavy atom. The Labute approximate surface area is 281 Å². The van der Waals surface area contributed by atoms with Crippen LogP contribution in [0.2, 0.25) is 0 Å². The molecule has 0 aliphatic carbocycles. The first-order valence-corrected chi connectivity index (χ1v) is 15.9. The van der Waals surface area contributed by atoms with Gasteiger partial charge >= 0.3 is 11.9 Å². The summed E-state index contributed by atoms with van der Waals surface area (Å²) in [5.74, 6) is -6.59. The molecule has 4 amide bonds. The Morgan fingerprint density at radius 1 is 0.750 bits per heavy atom. The SMILES string of the molecule is CC(C)C[C@H](NC(=O)[C@H](Cc1ccccc1)NC(=O)CNC(=O)CNC(=O)C(N)Cc1ccc(O)c(O)c1SCC(N)C(=O)O)C(=O)O. The summed E-state index contributed by atoms with van der Waals surface area (Å²) >= 11 is 0.861. The van der Waals surface area contributed by atoms with E-state index in [0.717, 1.165) is 11.8 Å². The number of hydrogen-bond donors (Lipinski definition) is 10. The molecule has 2 unspecified atom stereocenters. The van der Waals surface area contributed by atoms with Gasteiger partial charge in [-0.1, -0.05) is 50.2 Å². The molecule has 17 heteroatoms. The maximum absolute atomic E-state index is 13.0. The lowest BCUT2D eigenvalue weighted by atomic mass is 10.0. The number of aliphatic carboxylic acids is 2. The van der Waals surface area contributed by atoms with Gasteiger partial charge in [-0.05, 0) is 36.0 Å². The fourth-order valence-electron chi connectivity index (χ4n) is 4.31. The van der Waals surface area contributed by atoms with Gasteiger partial charge in [0.15, 0.2) is 11.5 Å². The molecule has 0 bridgehead atoms. The number of carboxylic acid groups (broad SMARTS) is 2. The molecular weight excluding hydrogens is 648 g/mol. The summed E-state index contributed by atoms with van der Waals surface area (Å²) in [4.78, 5) is 73.6. The highest BCUT2D eigenvalue weighted by molar-refractivity contribution is 7.99. The number of rotatable bonds is 19. The molecule has 262 valence electrons. The van der Waals surface area contributed by atoms with Crippen LogP contribution in [0.5, 0.6) is 11.5 Å². The van der Waals surface area contributed by atoms with Crippen molar-refractivity contribution >= 4 is 47.3 Å². The average Bonchev–Trinajstić information content (AvgIpc) is 3.03. The summed E-state index contributed by atoms with van der Waals surface area (Å²) in [6, 6.07) is 6.54. The van der Waals surface area contributed by atoms with Gasteiger partial charge in [-0.15, -0.1) is 11.8 Å². The van der Waals surface area contributed by atoms with Crippen molar-refractivity contribution in [2.45, 2.75) is 62.2 Å². The van der Waals surface area contributed by atoms with Crippen molar-refractivity contribution in [1.82, 2.24) is 21.3 Å². The number of carbonyl (C=O) groups excluding carboxylic acids is 4. The van der Waals surface area contributed by atoms with Gasteiger partial charge in [0.1, 0.15) is 18.1 Å². The molecule has 48 heavy (non-hydrogen) atoms. The number of hydrogen-bond acceptors (Lipinski definition) is 11. The zero-order valence-corrected chi connectivity index (χ0v) is 27.3. The maximum atomic E-state index is 13.0. The first-order valence-electron chi connectivity index (χ1n) is 14.9. The molecule has 0 aliphatic rings. The molecule has 0 aromatic heterocycles. The second kappa shape index (κ2) is 19.1. The van der Waals surface area contributed by atoms with Gasteiger partial charge in [-0.2, -0.15) is 0 Å². The monoisotopic (exact) mass is 690 g/mol. The Morgan fingerprint density at radius 3 is 2.00 bits per heavy atom. The molecule has 2 rings (SSSR count). The van der Waals surface area contributed by atoms with Crippen LogP contribution in [0.1, 0.15) is 31.4 Å². The van der Waals surface area contributed by atoms with Crippen molar-refractivity contribution in [3.63, 3.8) is 0 Å². The van der Waals surface area contributed by atoms with Crippen LogP contribution in [-0.2, 0) is 41.6 Å². The van der Waals surface area contributed by atoms with E-state index in [1.807, 2.05) is 13.8 Å². The number of carboxylic acids is 2. The third kappa shape index (κ3) is 13.1. The van der Waals surface area contributed by atoms with Crippen molar-refractivity contribution in [3.8, 4) is 11.5 Å². The minimum atomic E-state index is -1.26. The molecule has 0 fully saturated rings. The van der Waals surface area contributed by atoms with Crippen molar-refractivity contribution in [3.05, 3.63) is 53.6 Å². The predicted octanol–water partition coefficient (Wildman–Crippen LogP) is -0.953. The highest BCUT2D eigenvalue weighted by Crippen LogP contribution is 2.39. The number of carbonyl (C=O) groups is 6. The summed E-state index contributed by atoms with van der Waals surface area (Å²) in [6.07, 6.45) is 0.0797. The van der Waals surface area contributed by atoms with E-state index in [1.54, 1.807) is 30.3 Å². The van der Waals surface area contributed by atoms with Crippen LogP contribution in [0.3, 0.4) is 0 Å². The van der Waals surface area contributed by atoms with Gasteiger partial charge in [-0.25, -0.2) is 4.79 Å². The Kier molecular flexibility index (Phi) is 15.6. The molecular formula is C31H42N6O10S. The molecule has 16 nitrogen and oxygen atoms in total. The first-order chi connectivity index (χ1) is 22.6. The smallest absolute Gasteiger partial charge is 0.326 e. The van der Waals surface area contributed by atoms with Crippen LogP contribution in [0.15, 0.2) is 47.4 Å². The van der Waals surface area contributed by atoms with E-state index in [0.29, 0.717) is 11.1 Å². The molecule has 0 spiro atoms. The predicted molar refractivity (Wildman–Crippen MR) is 175 cm³/mol. The number of benzene rings is 2. The number of phenols is 2. The van der Waals surface area contributed by atoms with Gasteiger partial charge in [-0.3, -0.25) is 24.0 Å². The topological polar surface area (TPSA) is 284 Å². The average molecular weight is 691 g/mol. The third-order valence-electron chi connectivity index (χ3n) is 6.82. The molecule has 2 aromatic rings. The molecule has 12 N–H and O–H groups in total. The summed E-state index contributed by atoms with van der Waals surface area (Å²) in [6.45, 7) is 2.51. The molecule has 0 heterocycles. The van der Waals surface area contributed by atoms with E-state index in [2.05, 4.69) is 21.3 Å². The van der Waals surface area contributed by atoms with Crippen molar-refractivity contribution in [2.75, 3.05) is 18.8 Å². The number of phenolic OH excluding ortho intramolecular Hbond substituents is 2. The van der Waals surface area contributed by atoms with Crippen LogP contribution in [-0.4, -0.2) is 99.0 Å². The van der Waals surface area contributed by atoms with Crippen LogP contribution in [0.4, 0.5) is 0 Å². The van der Waals surface area contributed by atoms with E-state index in [9.17, 15) is 44.1 Å². The van der Waals surface area contributed by atoms with Gasteiger partial charge in [0.25, 0.3) is 0 Å². The highest BCUT2D eigenvalue weighted by atomic mass is 32.2. The maximum Gasteiger partial charge on any atom is 0.326 e. The third-order valence-corrected chi connectivity index (χ3v) is 8.09. The van der Waals surface area contributed by atoms with E-state index < -0.39 is 84.3 Å². The molecule has 0 aliphatic heterocycles. The summed E-state index contributed by atoms with van der Waals surface area (Å²) in [5.41, 5.74) is 12.5. The van der Waals surface area contributed by atoms with Crippen molar-refractivity contribution < 1.29 is 49.2 Å². The van der Waals surface area contributed by atoms with Crippen LogP contribution in [0, 0.1) is 5.92 Å². The molecule has 4 atom stereocenters. The van der Waals surface area contributed by atoms with Crippen molar-refractivity contribution in [2.24, 2.45) is 17.4 Å². The lowest BCUT2D eigenvalue weighted by Crippen LogP contribution is -2.54. The van der Waals surface area contributed by atoms with Gasteiger partial charge in [0.05, 0.1) is 24.0 Å². The molecule has 0 radical (unpaired) electrons. The van der Waals surface area contributed by atoms with E-state index >= 15 is 0 Å². The second-order valence-electron chi connectivity index (χ2n) is 11.3. The molecule has 0 saturated carbocycles. The standard InChI is InChI=1S/C31H42N6O10S/c1-16(2)10-22(31(46)47)37-29(43)21(11-17-6-4-3-5-7-17)36-25(40)14-34-24(39)13-35-28(42)19(32)12-18-8-9-23(38)26(41)27(18)48-15-20(33)30(44)45/h3-9,16,19-22,38,41H,10-15,32-33H2,1-2H3,(H,34,39)(H,35,42)(H,36,40)(H,37,43)(H,44,45)(H,46,47)/t19?,20?,21-,22-/m0/s1. The van der Waals surface area contributed by atoms with Crippen molar-refractivity contribution in [1.29, 1.82) is 0 Å². The van der Waals surface area contributed by atoms with E-state index in [1.165, 1.54) is 12.1 Å². The van der Waals surface area contributed by atoms with Crippen LogP contribution >= 0.6 is 11.8 Å². The zero-order valence-electron chi connectivity index (χ0n) is 26.5. The minimum Gasteiger partial charge on any atom is -0.504 e. The lowest BCUT2D eigenvalue weighted by molar-refractivity contribution is -0.142. The summed E-state index contributed by atoms with van der Waals surface area (Å²) in [5, 5.41) is 48.3. The Balaban J connectivity index is 1.95. The summed E-state index contributed by atoms with van der Waals surface area (Å²) < 4.78 is 0. The lowest BCUT2D eigenvalue weighted by Gasteiger charge is -2.22. The van der Waals surface area contributed by atoms with Crippen LogP contribution in [0.25, 0.3) is 0 Å². The number of aromatic hydroxyl groups is 2. The normalized spacial score (nSPS) is 13.4. The number of nitrogens with one attached hydrogen (secondary N) is 4. The van der Waals surface area contributed by atoms with E-state index in [-0.39, 0.29) is 35.8 Å². The van der Waals surface area contributed by atoms with Gasteiger partial charge in [0, 0.05) is 12.2 Å². The summed E-state index contributed by atoms with van der Waals surface area (Å²) in [7, 11) is 0. The largest absolute Gasteiger partial charge is 0.504 e. The van der Waals surface area contributed by atoms with E-state index in [4.69, 9.17) is 16.6 Å². The Hall–Kier alpha value is -4.87. The molecule has 0 saturated heterocycles. The fourth-order valence-corrected chi connectivity index (χ4v) is 5.37. The quantitative estimate of drug-likeness (QED) is 0.0629. The first kappa shape index (κ1) is 39.3. The number of nitrogens with two attached hydrogens (primary N) is 2. The minimum absolute atomic E-state index is 0.0219. The second-order valence-corrected chi connectivity index (χ2v) is 12.4. The number of thioether (sulfide) groups is 1. The number of amides is 4. The van der Waals surface area contributed by atoms with Gasteiger partial charge < -0.3 is 53.2 Å². The highest BCUT2D eigenvalue weighted by Gasteiger charge is 2.28. The van der Waals surface area contributed by atoms with Crippen LogP contribution < -0.4 is 32.7 Å². The molecule has 2 aromatic carbocycles. The fraction of sp³-hybridized carbons (Fsp3) is 0.419. The Bertz CT molecular complexity index is 1460.